The normalized spacial score (nSPS) is 13.8. The fourth-order valence-corrected chi connectivity index (χ4v) is 5.59. The van der Waals surface area contributed by atoms with Gasteiger partial charge in [-0.15, -0.1) is 0 Å². The first-order valence-corrected chi connectivity index (χ1v) is 10.9. The van der Waals surface area contributed by atoms with Crippen LogP contribution in [0.1, 0.15) is 16.7 Å². The summed E-state index contributed by atoms with van der Waals surface area (Å²) in [6, 6.07) is 11.8. The zero-order valence-electron chi connectivity index (χ0n) is 14.3. The van der Waals surface area contributed by atoms with E-state index in [0.29, 0.717) is 0 Å². The van der Waals surface area contributed by atoms with Crippen molar-refractivity contribution in [2.45, 2.75) is 4.75 Å². The Bertz CT molecular complexity index is 1210. The average Bonchev–Trinajstić information content (AvgIpc) is 2.63. The van der Waals surface area contributed by atoms with Gasteiger partial charge in [-0.25, -0.2) is 0 Å². The Labute approximate surface area is 186 Å². The van der Waals surface area contributed by atoms with Crippen LogP contribution in [0.5, 0.6) is 11.5 Å². The summed E-state index contributed by atoms with van der Waals surface area (Å²) in [6.45, 7) is 0. The third kappa shape index (κ3) is 3.54. The summed E-state index contributed by atoms with van der Waals surface area (Å²) < 4.78 is 34.0. The molecule has 0 aliphatic carbocycles. The van der Waals surface area contributed by atoms with E-state index >= 15 is 0 Å². The SMILES string of the molecule is O=S(=O)(O)C(c1ccc(Cl)cc1O)(c1ccccc1Cl)c1ccc(O)c(Cl)c1Cl. The Morgan fingerprint density at radius 2 is 1.34 bits per heavy atom. The smallest absolute Gasteiger partial charge is 0.283 e. The van der Waals surface area contributed by atoms with Crippen molar-refractivity contribution in [2.24, 2.45) is 0 Å². The van der Waals surface area contributed by atoms with Gasteiger partial charge in [0.05, 0.1) is 5.02 Å². The van der Waals surface area contributed by atoms with E-state index in [9.17, 15) is 23.2 Å². The summed E-state index contributed by atoms with van der Waals surface area (Å²) in [4.78, 5) is 0. The van der Waals surface area contributed by atoms with Crippen molar-refractivity contribution in [3.8, 4) is 11.5 Å². The zero-order valence-corrected chi connectivity index (χ0v) is 18.1. The Balaban J connectivity index is 2.63. The van der Waals surface area contributed by atoms with Gasteiger partial charge >= 0.3 is 0 Å². The summed E-state index contributed by atoms with van der Waals surface area (Å²) in [5.41, 5.74) is -0.582. The van der Waals surface area contributed by atoms with Crippen LogP contribution in [0.4, 0.5) is 0 Å². The van der Waals surface area contributed by atoms with E-state index < -0.39 is 26.4 Å². The molecule has 3 aromatic carbocycles. The van der Waals surface area contributed by atoms with Gasteiger partial charge in [0.25, 0.3) is 10.1 Å². The molecule has 1 unspecified atom stereocenters. The number of phenolic OH excluding ortho intramolecular Hbond substituents is 2. The first-order valence-electron chi connectivity index (χ1n) is 7.90. The molecule has 3 aromatic rings. The largest absolute Gasteiger partial charge is 0.508 e. The van der Waals surface area contributed by atoms with Gasteiger partial charge in [-0.05, 0) is 24.3 Å². The van der Waals surface area contributed by atoms with Crippen molar-refractivity contribution in [1.82, 2.24) is 0 Å². The Morgan fingerprint density at radius 3 is 1.93 bits per heavy atom. The topological polar surface area (TPSA) is 94.8 Å². The summed E-state index contributed by atoms with van der Waals surface area (Å²) in [5, 5.41) is 19.9. The summed E-state index contributed by atoms with van der Waals surface area (Å²) in [7, 11) is -5.11. The second kappa shape index (κ2) is 7.87. The molecule has 0 fully saturated rings. The third-order valence-corrected chi connectivity index (χ3v) is 7.29. The number of halogens is 4. The minimum atomic E-state index is -5.11. The lowest BCUT2D eigenvalue weighted by molar-refractivity contribution is 0.440. The average molecular weight is 494 g/mol. The van der Waals surface area contributed by atoms with Gasteiger partial charge in [0.1, 0.15) is 16.5 Å². The van der Waals surface area contributed by atoms with Crippen LogP contribution < -0.4 is 0 Å². The summed E-state index contributed by atoms with van der Waals surface area (Å²) in [5.74, 6) is -0.931. The monoisotopic (exact) mass is 492 g/mol. The molecule has 29 heavy (non-hydrogen) atoms. The molecule has 1 atom stereocenters. The van der Waals surface area contributed by atoms with E-state index in [1.807, 2.05) is 0 Å². The van der Waals surface area contributed by atoms with Crippen LogP contribution >= 0.6 is 46.4 Å². The van der Waals surface area contributed by atoms with E-state index in [1.54, 1.807) is 6.07 Å². The molecule has 0 bridgehead atoms. The van der Waals surface area contributed by atoms with E-state index in [2.05, 4.69) is 0 Å². The molecule has 0 heterocycles. The van der Waals surface area contributed by atoms with Crippen LogP contribution in [-0.2, 0) is 14.9 Å². The number of phenols is 2. The maximum absolute atomic E-state index is 13.0. The molecule has 0 aliphatic rings. The predicted octanol–water partition coefficient (Wildman–Crippen LogP) is 5.89. The molecular weight excluding hydrogens is 482 g/mol. The molecule has 0 aliphatic heterocycles. The zero-order chi connectivity index (χ0) is 21.6. The van der Waals surface area contributed by atoms with Gasteiger partial charge in [0, 0.05) is 26.7 Å². The second-order valence-corrected chi connectivity index (χ2v) is 9.22. The minimum absolute atomic E-state index is 0.0280. The molecule has 0 radical (unpaired) electrons. The maximum atomic E-state index is 13.0. The fraction of sp³-hybridized carbons (Fsp3) is 0.0526. The fourth-order valence-electron chi connectivity index (χ4n) is 3.21. The third-order valence-electron chi connectivity index (χ3n) is 4.42. The van der Waals surface area contributed by atoms with E-state index in [1.165, 1.54) is 36.4 Å². The Kier molecular flexibility index (Phi) is 5.98. The van der Waals surface area contributed by atoms with Crippen LogP contribution in [0.25, 0.3) is 0 Å². The molecular formula is C19H12Cl4O5S. The van der Waals surface area contributed by atoms with Gasteiger partial charge in [0.15, 0.2) is 4.75 Å². The molecule has 0 saturated heterocycles. The van der Waals surface area contributed by atoms with Crippen molar-refractivity contribution in [2.75, 3.05) is 0 Å². The number of benzene rings is 3. The van der Waals surface area contributed by atoms with Crippen LogP contribution in [0.3, 0.4) is 0 Å². The highest BCUT2D eigenvalue weighted by Gasteiger charge is 2.52. The highest BCUT2D eigenvalue weighted by atomic mass is 35.5. The van der Waals surface area contributed by atoms with E-state index in [4.69, 9.17) is 46.4 Å². The van der Waals surface area contributed by atoms with Gasteiger partial charge in [-0.2, -0.15) is 8.42 Å². The van der Waals surface area contributed by atoms with Crippen molar-refractivity contribution in [1.29, 1.82) is 0 Å². The van der Waals surface area contributed by atoms with Crippen LogP contribution in [0.2, 0.25) is 20.1 Å². The molecule has 0 aromatic heterocycles. The van der Waals surface area contributed by atoms with Crippen molar-refractivity contribution in [3.63, 3.8) is 0 Å². The molecule has 5 nitrogen and oxygen atoms in total. The van der Waals surface area contributed by atoms with Gasteiger partial charge in [-0.3, -0.25) is 4.55 Å². The number of aromatic hydroxyl groups is 2. The lowest BCUT2D eigenvalue weighted by Gasteiger charge is -2.34. The molecule has 0 spiro atoms. The molecule has 3 rings (SSSR count). The van der Waals surface area contributed by atoms with Gasteiger partial charge < -0.3 is 10.2 Å². The summed E-state index contributed by atoms with van der Waals surface area (Å²) >= 11 is 24.6. The van der Waals surface area contributed by atoms with Crippen molar-refractivity contribution in [3.05, 3.63) is 91.4 Å². The van der Waals surface area contributed by atoms with Crippen molar-refractivity contribution < 1.29 is 23.2 Å². The highest BCUT2D eigenvalue weighted by molar-refractivity contribution is 7.87. The standard InChI is InChI=1S/C19H12Cl4O5S/c20-10-5-6-12(16(25)9-10)19(29(26,27)28,11-3-1-2-4-14(11)21)13-7-8-15(24)18(23)17(13)22/h1-9,24-25H,(H,26,27,28). The first-order chi connectivity index (χ1) is 13.5. The summed E-state index contributed by atoms with van der Waals surface area (Å²) in [6.07, 6.45) is 0. The Morgan fingerprint density at radius 1 is 0.724 bits per heavy atom. The van der Waals surface area contributed by atoms with Gasteiger partial charge in [-0.1, -0.05) is 76.7 Å². The molecule has 152 valence electrons. The van der Waals surface area contributed by atoms with Crippen LogP contribution in [0, 0.1) is 0 Å². The van der Waals surface area contributed by atoms with Gasteiger partial charge in [0.2, 0.25) is 0 Å². The molecule has 0 amide bonds. The number of hydrogen-bond acceptors (Lipinski definition) is 4. The first kappa shape index (κ1) is 22.0. The lowest BCUT2D eigenvalue weighted by Crippen LogP contribution is -2.39. The minimum Gasteiger partial charge on any atom is -0.508 e. The molecule has 3 N–H and O–H groups in total. The maximum Gasteiger partial charge on any atom is 0.283 e. The quantitative estimate of drug-likeness (QED) is 0.311. The number of hydrogen-bond donors (Lipinski definition) is 3. The lowest BCUT2D eigenvalue weighted by atomic mass is 9.83. The number of rotatable bonds is 4. The Hall–Kier alpha value is -1.67. The van der Waals surface area contributed by atoms with E-state index in [0.717, 1.165) is 12.1 Å². The molecule has 10 heteroatoms. The predicted molar refractivity (Wildman–Crippen MR) is 114 cm³/mol. The second-order valence-electron chi connectivity index (χ2n) is 6.06. The van der Waals surface area contributed by atoms with Crippen molar-refractivity contribution >= 4 is 56.5 Å². The van der Waals surface area contributed by atoms with E-state index in [-0.39, 0.29) is 36.8 Å². The van der Waals surface area contributed by atoms with Crippen LogP contribution in [-0.4, -0.2) is 23.2 Å². The highest BCUT2D eigenvalue weighted by Crippen LogP contribution is 2.53. The van der Waals surface area contributed by atoms with Crippen LogP contribution in [0.15, 0.2) is 54.6 Å². The molecule has 0 saturated carbocycles.